The first-order valence-corrected chi connectivity index (χ1v) is 8.48. The van der Waals surface area contributed by atoms with Crippen molar-refractivity contribution in [1.29, 1.82) is 0 Å². The number of aliphatic hydroxyl groups excluding tert-OH is 1. The van der Waals surface area contributed by atoms with Crippen molar-refractivity contribution in [2.24, 2.45) is 0 Å². The first-order valence-electron chi connectivity index (χ1n) is 8.48. The Balaban J connectivity index is 1.64. The molecular formula is C20H25NO3. The summed E-state index contributed by atoms with van der Waals surface area (Å²) >= 11 is 0. The number of hydrogen-bond donors (Lipinski definition) is 3. The van der Waals surface area contributed by atoms with Gasteiger partial charge in [0, 0.05) is 19.0 Å². The molecule has 0 unspecified atom stereocenters. The summed E-state index contributed by atoms with van der Waals surface area (Å²) in [6.45, 7) is 3.28. The molecule has 0 bridgehead atoms. The van der Waals surface area contributed by atoms with E-state index < -0.39 is 11.8 Å². The van der Waals surface area contributed by atoms with E-state index in [1.165, 1.54) is 0 Å². The molecule has 0 amide bonds. The number of likely N-dealkylation sites (tertiary alicyclic amines) is 1. The van der Waals surface area contributed by atoms with Crippen LogP contribution in [0.25, 0.3) is 0 Å². The maximum absolute atomic E-state index is 10.9. The van der Waals surface area contributed by atoms with Crippen LogP contribution in [0.1, 0.15) is 36.8 Å². The Morgan fingerprint density at radius 3 is 2.12 bits per heavy atom. The van der Waals surface area contributed by atoms with Gasteiger partial charge in [-0.05, 0) is 36.1 Å². The molecule has 0 aromatic heterocycles. The average Bonchev–Trinajstić information content (AvgIpc) is 2.62. The van der Waals surface area contributed by atoms with Crippen LogP contribution in [0.3, 0.4) is 0 Å². The van der Waals surface area contributed by atoms with Gasteiger partial charge in [-0.15, -0.1) is 0 Å². The molecule has 1 saturated heterocycles. The average molecular weight is 327 g/mol. The number of piperidine rings is 1. The van der Waals surface area contributed by atoms with E-state index in [1.807, 2.05) is 54.3 Å². The van der Waals surface area contributed by atoms with Gasteiger partial charge in [0.2, 0.25) is 0 Å². The van der Waals surface area contributed by atoms with Gasteiger partial charge in [0.05, 0.1) is 5.60 Å². The lowest BCUT2D eigenvalue weighted by Gasteiger charge is -2.41. The SMILES string of the molecule is C[C@@H](c1ccc(O)cc1)[C@H](O)N1CCC(O)(c2ccccc2)CC1. The summed E-state index contributed by atoms with van der Waals surface area (Å²) < 4.78 is 0. The molecule has 2 aromatic rings. The molecule has 3 rings (SSSR count). The molecule has 2 atom stereocenters. The van der Waals surface area contributed by atoms with Crippen LogP contribution in [-0.4, -0.2) is 39.5 Å². The first kappa shape index (κ1) is 17.0. The third kappa shape index (κ3) is 3.46. The fraction of sp³-hybridized carbons (Fsp3) is 0.400. The number of benzene rings is 2. The van der Waals surface area contributed by atoms with Crippen molar-refractivity contribution in [3.05, 3.63) is 65.7 Å². The van der Waals surface area contributed by atoms with Crippen LogP contribution in [-0.2, 0) is 5.60 Å². The lowest BCUT2D eigenvalue weighted by Crippen LogP contribution is -2.48. The minimum absolute atomic E-state index is 0.0616. The molecule has 24 heavy (non-hydrogen) atoms. The number of aromatic hydroxyl groups is 1. The van der Waals surface area contributed by atoms with Crippen LogP contribution in [0.15, 0.2) is 54.6 Å². The van der Waals surface area contributed by atoms with Crippen molar-refractivity contribution in [3.8, 4) is 5.75 Å². The van der Waals surface area contributed by atoms with Crippen LogP contribution < -0.4 is 0 Å². The minimum Gasteiger partial charge on any atom is -0.508 e. The summed E-state index contributed by atoms with van der Waals surface area (Å²) in [7, 11) is 0. The highest BCUT2D eigenvalue weighted by Gasteiger charge is 2.36. The highest BCUT2D eigenvalue weighted by molar-refractivity contribution is 5.28. The van der Waals surface area contributed by atoms with Gasteiger partial charge in [-0.25, -0.2) is 0 Å². The number of aliphatic hydroxyl groups is 2. The van der Waals surface area contributed by atoms with E-state index in [4.69, 9.17) is 0 Å². The van der Waals surface area contributed by atoms with E-state index in [9.17, 15) is 15.3 Å². The topological polar surface area (TPSA) is 63.9 Å². The van der Waals surface area contributed by atoms with Gasteiger partial charge in [-0.1, -0.05) is 49.4 Å². The zero-order chi connectivity index (χ0) is 17.2. The number of rotatable bonds is 4. The largest absolute Gasteiger partial charge is 0.508 e. The van der Waals surface area contributed by atoms with Gasteiger partial charge in [-0.3, -0.25) is 4.90 Å². The fourth-order valence-electron chi connectivity index (χ4n) is 3.46. The van der Waals surface area contributed by atoms with Gasteiger partial charge in [-0.2, -0.15) is 0 Å². The molecule has 4 nitrogen and oxygen atoms in total. The highest BCUT2D eigenvalue weighted by atomic mass is 16.3. The highest BCUT2D eigenvalue weighted by Crippen LogP contribution is 2.34. The van der Waals surface area contributed by atoms with Gasteiger partial charge < -0.3 is 15.3 Å². The zero-order valence-corrected chi connectivity index (χ0v) is 14.0. The van der Waals surface area contributed by atoms with Gasteiger partial charge >= 0.3 is 0 Å². The summed E-state index contributed by atoms with van der Waals surface area (Å²) in [5, 5.41) is 31.0. The Hall–Kier alpha value is -1.88. The lowest BCUT2D eigenvalue weighted by atomic mass is 9.84. The van der Waals surface area contributed by atoms with Crippen molar-refractivity contribution >= 4 is 0 Å². The van der Waals surface area contributed by atoms with Crippen LogP contribution in [0.5, 0.6) is 5.75 Å². The number of phenolic OH excluding ortho intramolecular Hbond substituents is 1. The molecule has 1 aliphatic heterocycles. The molecular weight excluding hydrogens is 302 g/mol. The Kier molecular flexibility index (Phi) is 4.90. The smallest absolute Gasteiger partial charge is 0.115 e. The summed E-state index contributed by atoms with van der Waals surface area (Å²) in [5.74, 6) is 0.167. The van der Waals surface area contributed by atoms with E-state index in [0.717, 1.165) is 11.1 Å². The van der Waals surface area contributed by atoms with Gasteiger partial charge in [0.15, 0.2) is 0 Å². The fourth-order valence-corrected chi connectivity index (χ4v) is 3.46. The molecule has 0 aliphatic carbocycles. The molecule has 3 N–H and O–H groups in total. The van der Waals surface area contributed by atoms with Gasteiger partial charge in [0.25, 0.3) is 0 Å². The molecule has 4 heteroatoms. The molecule has 2 aromatic carbocycles. The summed E-state index contributed by atoms with van der Waals surface area (Å²) in [6.07, 6.45) is 0.613. The zero-order valence-electron chi connectivity index (χ0n) is 14.0. The number of nitrogens with zero attached hydrogens (tertiary/aromatic N) is 1. The van der Waals surface area contributed by atoms with E-state index >= 15 is 0 Å². The molecule has 0 spiro atoms. The summed E-state index contributed by atoms with van der Waals surface area (Å²) in [5.41, 5.74) is 1.13. The first-order chi connectivity index (χ1) is 11.5. The summed E-state index contributed by atoms with van der Waals surface area (Å²) in [6, 6.07) is 16.7. The van der Waals surface area contributed by atoms with Crippen molar-refractivity contribution in [2.45, 2.75) is 37.5 Å². The second-order valence-corrected chi connectivity index (χ2v) is 6.73. The quantitative estimate of drug-likeness (QED) is 0.808. The molecule has 0 radical (unpaired) electrons. The Morgan fingerprint density at radius 1 is 0.958 bits per heavy atom. The van der Waals surface area contributed by atoms with Gasteiger partial charge in [0.1, 0.15) is 12.0 Å². The maximum Gasteiger partial charge on any atom is 0.115 e. The predicted octanol–water partition coefficient (Wildman–Crippen LogP) is 2.80. The minimum atomic E-state index is -0.806. The van der Waals surface area contributed by atoms with Crippen LogP contribution >= 0.6 is 0 Å². The molecule has 1 fully saturated rings. The predicted molar refractivity (Wildman–Crippen MR) is 93.7 cm³/mol. The Labute approximate surface area is 143 Å². The second kappa shape index (κ2) is 6.93. The van der Waals surface area contributed by atoms with Crippen molar-refractivity contribution in [1.82, 2.24) is 4.90 Å². The normalized spacial score (nSPS) is 20.5. The number of hydrogen-bond acceptors (Lipinski definition) is 4. The van der Waals surface area contributed by atoms with Crippen LogP contribution in [0, 0.1) is 0 Å². The van der Waals surface area contributed by atoms with E-state index in [2.05, 4.69) is 0 Å². The molecule has 1 heterocycles. The van der Waals surface area contributed by atoms with E-state index in [1.54, 1.807) is 12.1 Å². The lowest BCUT2D eigenvalue weighted by molar-refractivity contribution is -0.0841. The van der Waals surface area contributed by atoms with E-state index in [-0.39, 0.29) is 11.7 Å². The molecule has 1 aliphatic rings. The standard InChI is InChI=1S/C20H25NO3/c1-15(16-7-9-18(22)10-8-16)19(23)21-13-11-20(24,12-14-21)17-5-3-2-4-6-17/h2-10,15,19,22-24H,11-14H2,1H3/t15-,19-/m0/s1. The van der Waals surface area contributed by atoms with Crippen molar-refractivity contribution < 1.29 is 15.3 Å². The molecule has 128 valence electrons. The van der Waals surface area contributed by atoms with Crippen LogP contribution in [0.4, 0.5) is 0 Å². The number of phenols is 1. The van der Waals surface area contributed by atoms with Crippen molar-refractivity contribution in [3.63, 3.8) is 0 Å². The second-order valence-electron chi connectivity index (χ2n) is 6.73. The third-order valence-electron chi connectivity index (χ3n) is 5.18. The maximum atomic E-state index is 10.9. The Morgan fingerprint density at radius 2 is 1.54 bits per heavy atom. The van der Waals surface area contributed by atoms with Crippen LogP contribution in [0.2, 0.25) is 0 Å². The third-order valence-corrected chi connectivity index (χ3v) is 5.18. The monoisotopic (exact) mass is 327 g/mol. The summed E-state index contributed by atoms with van der Waals surface area (Å²) in [4.78, 5) is 2.02. The Bertz CT molecular complexity index is 648. The van der Waals surface area contributed by atoms with E-state index in [0.29, 0.717) is 25.9 Å². The molecule has 0 saturated carbocycles. The van der Waals surface area contributed by atoms with Crippen molar-refractivity contribution in [2.75, 3.05) is 13.1 Å².